The van der Waals surface area contributed by atoms with E-state index in [-0.39, 0.29) is 10.6 Å². The lowest BCUT2D eigenvalue weighted by Gasteiger charge is -2.05. The highest BCUT2D eigenvalue weighted by molar-refractivity contribution is 9.12. The summed E-state index contributed by atoms with van der Waals surface area (Å²) in [5.41, 5.74) is 2.02. The monoisotopic (exact) mass is 318 g/mol. The maximum atomic E-state index is 11.7. The number of rotatable bonds is 4. The second-order valence-corrected chi connectivity index (χ2v) is 4.79. The maximum absolute atomic E-state index is 11.7. The molecule has 0 spiro atoms. The number of alkyl halides is 2. The summed E-state index contributed by atoms with van der Waals surface area (Å²) in [7, 11) is 0. The van der Waals surface area contributed by atoms with Crippen LogP contribution in [0.5, 0.6) is 0 Å². The fourth-order valence-corrected chi connectivity index (χ4v) is 1.71. The summed E-state index contributed by atoms with van der Waals surface area (Å²) in [5, 5.41) is 0.640. The standard InChI is InChI=1S/C11H12Br2O/c1-2-8-3-5-9(6-4-8)11(14)10(13)7-12/h3-6,10H,2,7H2,1H3. The van der Waals surface area contributed by atoms with E-state index in [4.69, 9.17) is 0 Å². The molecule has 0 fully saturated rings. The zero-order valence-electron chi connectivity index (χ0n) is 7.97. The molecule has 0 amide bonds. The van der Waals surface area contributed by atoms with Crippen LogP contribution in [0.2, 0.25) is 0 Å². The van der Waals surface area contributed by atoms with Crippen molar-refractivity contribution in [3.05, 3.63) is 35.4 Å². The Balaban J connectivity index is 2.81. The van der Waals surface area contributed by atoms with Crippen LogP contribution in [0.1, 0.15) is 22.8 Å². The van der Waals surface area contributed by atoms with Crippen molar-refractivity contribution >= 4 is 37.6 Å². The fourth-order valence-electron chi connectivity index (χ4n) is 1.16. The lowest BCUT2D eigenvalue weighted by Crippen LogP contribution is -2.15. The molecule has 3 heteroatoms. The van der Waals surface area contributed by atoms with Crippen LogP contribution in [0.15, 0.2) is 24.3 Å². The predicted octanol–water partition coefficient (Wildman–Crippen LogP) is 3.59. The molecule has 0 bridgehead atoms. The van der Waals surface area contributed by atoms with Gasteiger partial charge in [-0.3, -0.25) is 4.79 Å². The van der Waals surface area contributed by atoms with Crippen molar-refractivity contribution in [1.29, 1.82) is 0 Å². The Morgan fingerprint density at radius 1 is 1.36 bits per heavy atom. The highest BCUT2D eigenvalue weighted by Crippen LogP contribution is 2.13. The molecule has 0 radical (unpaired) electrons. The third kappa shape index (κ3) is 2.92. The van der Waals surface area contributed by atoms with Gasteiger partial charge in [-0.05, 0) is 12.0 Å². The minimum absolute atomic E-state index is 0.129. The first-order chi connectivity index (χ1) is 6.69. The van der Waals surface area contributed by atoms with Gasteiger partial charge < -0.3 is 0 Å². The molecule has 0 saturated heterocycles. The van der Waals surface area contributed by atoms with Gasteiger partial charge in [-0.2, -0.15) is 0 Å². The number of hydrogen-bond acceptors (Lipinski definition) is 1. The van der Waals surface area contributed by atoms with E-state index in [1.165, 1.54) is 5.56 Å². The normalized spacial score (nSPS) is 12.5. The van der Waals surface area contributed by atoms with Crippen molar-refractivity contribution in [3.8, 4) is 0 Å². The quantitative estimate of drug-likeness (QED) is 0.612. The Labute approximate surface area is 101 Å². The summed E-state index contributed by atoms with van der Waals surface area (Å²) in [5.74, 6) is 0.129. The minimum Gasteiger partial charge on any atom is -0.293 e. The number of carbonyl (C=O) groups excluding carboxylic acids is 1. The highest BCUT2D eigenvalue weighted by atomic mass is 79.9. The van der Waals surface area contributed by atoms with Crippen molar-refractivity contribution in [2.24, 2.45) is 0 Å². The molecule has 0 saturated carbocycles. The minimum atomic E-state index is -0.130. The van der Waals surface area contributed by atoms with Crippen LogP contribution < -0.4 is 0 Å². The second kappa shape index (κ2) is 5.66. The van der Waals surface area contributed by atoms with Crippen molar-refractivity contribution < 1.29 is 4.79 Å². The van der Waals surface area contributed by atoms with Gasteiger partial charge in [0, 0.05) is 10.9 Å². The number of carbonyl (C=O) groups is 1. The zero-order chi connectivity index (χ0) is 10.6. The summed E-state index contributed by atoms with van der Waals surface area (Å²) in [4.78, 5) is 11.6. The van der Waals surface area contributed by atoms with Gasteiger partial charge in [-0.25, -0.2) is 0 Å². The molecular weight excluding hydrogens is 308 g/mol. The van der Waals surface area contributed by atoms with E-state index in [2.05, 4.69) is 38.8 Å². The lowest BCUT2D eigenvalue weighted by atomic mass is 10.1. The molecule has 1 unspecified atom stereocenters. The second-order valence-electron chi connectivity index (χ2n) is 3.04. The molecule has 1 atom stereocenters. The largest absolute Gasteiger partial charge is 0.293 e. The molecule has 0 aliphatic heterocycles. The molecule has 1 rings (SSSR count). The van der Waals surface area contributed by atoms with E-state index in [1.807, 2.05) is 24.3 Å². The average molecular weight is 320 g/mol. The molecular formula is C11H12Br2O. The Kier molecular flexibility index (Phi) is 4.82. The number of halogens is 2. The molecule has 1 nitrogen and oxygen atoms in total. The molecule has 0 aromatic heterocycles. The zero-order valence-corrected chi connectivity index (χ0v) is 11.1. The van der Waals surface area contributed by atoms with Crippen LogP contribution in [0, 0.1) is 0 Å². The lowest BCUT2D eigenvalue weighted by molar-refractivity contribution is 0.0997. The van der Waals surface area contributed by atoms with Crippen LogP contribution in [0.25, 0.3) is 0 Å². The van der Waals surface area contributed by atoms with Crippen molar-refractivity contribution in [2.75, 3.05) is 5.33 Å². The number of hydrogen-bond donors (Lipinski definition) is 0. The molecule has 0 aliphatic rings. The van der Waals surface area contributed by atoms with E-state index in [9.17, 15) is 4.79 Å². The molecule has 14 heavy (non-hydrogen) atoms. The fraction of sp³-hybridized carbons (Fsp3) is 0.364. The first kappa shape index (κ1) is 11.9. The van der Waals surface area contributed by atoms with E-state index in [1.54, 1.807) is 0 Å². The Morgan fingerprint density at radius 2 is 1.93 bits per heavy atom. The summed E-state index contributed by atoms with van der Waals surface area (Å²) >= 11 is 6.59. The van der Waals surface area contributed by atoms with Crippen molar-refractivity contribution in [2.45, 2.75) is 18.2 Å². The summed E-state index contributed by atoms with van der Waals surface area (Å²) < 4.78 is 0. The first-order valence-corrected chi connectivity index (χ1v) is 6.56. The third-order valence-electron chi connectivity index (χ3n) is 2.07. The summed E-state index contributed by atoms with van der Waals surface area (Å²) in [6, 6.07) is 7.78. The maximum Gasteiger partial charge on any atom is 0.177 e. The van der Waals surface area contributed by atoms with Crippen LogP contribution >= 0.6 is 31.9 Å². The van der Waals surface area contributed by atoms with E-state index in [0.717, 1.165) is 12.0 Å². The van der Waals surface area contributed by atoms with Crippen LogP contribution in [-0.4, -0.2) is 15.9 Å². The van der Waals surface area contributed by atoms with Gasteiger partial charge in [0.25, 0.3) is 0 Å². The van der Waals surface area contributed by atoms with Gasteiger partial charge in [-0.1, -0.05) is 63.0 Å². The van der Waals surface area contributed by atoms with E-state index in [0.29, 0.717) is 5.33 Å². The smallest absolute Gasteiger partial charge is 0.177 e. The first-order valence-electron chi connectivity index (χ1n) is 4.52. The SMILES string of the molecule is CCc1ccc(C(=O)C(Br)CBr)cc1. The molecule has 76 valence electrons. The predicted molar refractivity (Wildman–Crippen MR) is 66.7 cm³/mol. The Hall–Kier alpha value is -0.150. The van der Waals surface area contributed by atoms with E-state index < -0.39 is 0 Å². The third-order valence-corrected chi connectivity index (χ3v) is 4.32. The number of aryl methyl sites for hydroxylation is 1. The molecule has 0 heterocycles. The number of benzene rings is 1. The van der Waals surface area contributed by atoms with Crippen molar-refractivity contribution in [3.63, 3.8) is 0 Å². The topological polar surface area (TPSA) is 17.1 Å². The number of Topliss-reactive ketones (excluding diaryl/α,β-unsaturated/α-hetero) is 1. The molecule has 0 aliphatic carbocycles. The van der Waals surface area contributed by atoms with Gasteiger partial charge in [-0.15, -0.1) is 0 Å². The highest BCUT2D eigenvalue weighted by Gasteiger charge is 2.14. The molecule has 0 N–H and O–H groups in total. The Morgan fingerprint density at radius 3 is 2.36 bits per heavy atom. The molecule has 1 aromatic carbocycles. The average Bonchev–Trinajstić information content (AvgIpc) is 2.27. The van der Waals surface area contributed by atoms with Gasteiger partial charge in [0.05, 0.1) is 4.83 Å². The summed E-state index contributed by atoms with van der Waals surface area (Å²) in [6.07, 6.45) is 1.00. The Bertz CT molecular complexity index is 306. The molecule has 1 aromatic rings. The van der Waals surface area contributed by atoms with Gasteiger partial charge in [0.2, 0.25) is 0 Å². The van der Waals surface area contributed by atoms with Crippen molar-refractivity contribution in [1.82, 2.24) is 0 Å². The van der Waals surface area contributed by atoms with Gasteiger partial charge >= 0.3 is 0 Å². The summed E-state index contributed by atoms with van der Waals surface area (Å²) in [6.45, 7) is 2.10. The van der Waals surface area contributed by atoms with Gasteiger partial charge in [0.1, 0.15) is 0 Å². The van der Waals surface area contributed by atoms with Crippen LogP contribution in [-0.2, 0) is 6.42 Å². The van der Waals surface area contributed by atoms with Crippen LogP contribution in [0.3, 0.4) is 0 Å². The van der Waals surface area contributed by atoms with E-state index >= 15 is 0 Å². The number of ketones is 1. The van der Waals surface area contributed by atoms with Crippen LogP contribution in [0.4, 0.5) is 0 Å². The van der Waals surface area contributed by atoms with Gasteiger partial charge in [0.15, 0.2) is 5.78 Å².